The number of anilines is 1. The van der Waals surface area contributed by atoms with E-state index in [0.717, 1.165) is 0 Å². The average molecular weight is 339 g/mol. The highest BCUT2D eigenvalue weighted by Gasteiger charge is 2.15. The Morgan fingerprint density at radius 3 is 2.75 bits per heavy atom. The molecule has 0 bridgehead atoms. The Balaban J connectivity index is 2.00. The van der Waals surface area contributed by atoms with E-state index in [0.29, 0.717) is 0 Å². The van der Waals surface area contributed by atoms with E-state index < -0.39 is 23.6 Å². The van der Waals surface area contributed by atoms with Crippen LogP contribution in [-0.2, 0) is 30.5 Å². The number of carbonyl (C=O) groups excluding carboxylic acids is 2. The van der Waals surface area contributed by atoms with Crippen LogP contribution in [0.1, 0.15) is 13.8 Å². The van der Waals surface area contributed by atoms with Crippen LogP contribution in [0.15, 0.2) is 11.1 Å². The van der Waals surface area contributed by atoms with Crippen LogP contribution in [0.5, 0.6) is 0 Å². The molecule has 130 valence electrons. The summed E-state index contributed by atoms with van der Waals surface area (Å²) in [4.78, 5) is 43.8. The number of hydrogen-bond acceptors (Lipinski definition) is 9. The van der Waals surface area contributed by atoms with Gasteiger partial charge in [-0.1, -0.05) is 0 Å². The molecule has 3 N–H and O–H groups in total. The first-order chi connectivity index (χ1) is 11.4. The number of aromatic amines is 1. The molecule has 0 saturated carbocycles. The largest absolute Gasteiger partial charge is 0.462 e. The summed E-state index contributed by atoms with van der Waals surface area (Å²) in [5.41, 5.74) is 5.44. The second-order valence-electron chi connectivity index (χ2n) is 4.87. The summed E-state index contributed by atoms with van der Waals surface area (Å²) >= 11 is 0. The summed E-state index contributed by atoms with van der Waals surface area (Å²) in [6.07, 6.45) is 0.627. The molecule has 0 aliphatic heterocycles. The predicted molar refractivity (Wildman–Crippen MR) is 80.7 cm³/mol. The molecule has 0 saturated heterocycles. The number of carbonyl (C=O) groups is 2. The number of nitrogens with two attached hydrogens (primary N) is 1. The highest BCUT2D eigenvalue weighted by Crippen LogP contribution is 2.07. The number of ether oxygens (including phenoxy) is 3. The molecular weight excluding hydrogens is 322 g/mol. The van der Waals surface area contributed by atoms with Crippen molar-refractivity contribution >= 4 is 29.1 Å². The third kappa shape index (κ3) is 4.52. The summed E-state index contributed by atoms with van der Waals surface area (Å²) in [7, 11) is 0. The van der Waals surface area contributed by atoms with Crippen molar-refractivity contribution in [2.24, 2.45) is 0 Å². The van der Waals surface area contributed by atoms with E-state index in [9.17, 15) is 14.4 Å². The third-order valence-corrected chi connectivity index (χ3v) is 2.83. The van der Waals surface area contributed by atoms with Crippen LogP contribution in [0.4, 0.5) is 5.95 Å². The molecule has 11 nitrogen and oxygen atoms in total. The minimum Gasteiger partial charge on any atom is -0.462 e. The fourth-order valence-electron chi connectivity index (χ4n) is 1.91. The quantitative estimate of drug-likeness (QED) is 0.616. The van der Waals surface area contributed by atoms with Gasteiger partial charge in [-0.3, -0.25) is 23.9 Å². The van der Waals surface area contributed by atoms with E-state index in [1.807, 2.05) is 0 Å². The summed E-state index contributed by atoms with van der Waals surface area (Å²) in [6.45, 7) is 2.33. The Hall–Kier alpha value is -2.95. The molecular formula is C13H17N5O6. The molecule has 0 aliphatic carbocycles. The molecule has 0 radical (unpaired) electrons. The predicted octanol–water partition coefficient (Wildman–Crippen LogP) is -0.829. The van der Waals surface area contributed by atoms with Crippen LogP contribution in [0.25, 0.3) is 11.2 Å². The zero-order valence-electron chi connectivity index (χ0n) is 13.1. The lowest BCUT2D eigenvalue weighted by atomic mass is 10.4. The Labute approximate surface area is 135 Å². The molecule has 0 aliphatic rings. The Morgan fingerprint density at radius 1 is 1.33 bits per heavy atom. The second kappa shape index (κ2) is 7.55. The van der Waals surface area contributed by atoms with Gasteiger partial charge in [0.1, 0.15) is 13.3 Å². The van der Waals surface area contributed by atoms with Crippen LogP contribution in [-0.4, -0.2) is 50.8 Å². The van der Waals surface area contributed by atoms with E-state index in [4.69, 9.17) is 19.9 Å². The minimum absolute atomic E-state index is 0.00969. The zero-order valence-corrected chi connectivity index (χ0v) is 13.1. The number of aromatic nitrogens is 4. The van der Waals surface area contributed by atoms with Crippen molar-refractivity contribution in [2.75, 3.05) is 18.9 Å². The SMILES string of the molecule is CC(=O)OC[C@H](COCn1cnc2c(=O)[nH]c(N)nc21)OC(C)=O. The minimum atomic E-state index is -0.748. The van der Waals surface area contributed by atoms with E-state index in [2.05, 4.69) is 15.0 Å². The summed E-state index contributed by atoms with van der Waals surface area (Å²) in [5.74, 6) is -1.06. The van der Waals surface area contributed by atoms with E-state index in [1.165, 1.54) is 24.7 Å². The Morgan fingerprint density at radius 2 is 2.08 bits per heavy atom. The smallest absolute Gasteiger partial charge is 0.303 e. The molecule has 2 rings (SSSR count). The summed E-state index contributed by atoms with van der Waals surface area (Å²) in [6, 6.07) is 0. The first-order valence-electron chi connectivity index (χ1n) is 6.95. The molecule has 24 heavy (non-hydrogen) atoms. The fraction of sp³-hybridized carbons (Fsp3) is 0.462. The summed E-state index contributed by atoms with van der Waals surface area (Å²) in [5, 5.41) is 0. The fourth-order valence-corrected chi connectivity index (χ4v) is 1.91. The lowest BCUT2D eigenvalue weighted by Crippen LogP contribution is -2.29. The lowest BCUT2D eigenvalue weighted by molar-refractivity contribution is -0.160. The van der Waals surface area contributed by atoms with Gasteiger partial charge in [0, 0.05) is 13.8 Å². The van der Waals surface area contributed by atoms with Crippen molar-refractivity contribution in [1.82, 2.24) is 19.5 Å². The summed E-state index contributed by atoms with van der Waals surface area (Å²) < 4.78 is 16.7. The van der Waals surface area contributed by atoms with E-state index >= 15 is 0 Å². The van der Waals surface area contributed by atoms with Crippen molar-refractivity contribution in [2.45, 2.75) is 26.7 Å². The lowest BCUT2D eigenvalue weighted by Gasteiger charge is -2.17. The number of imidazole rings is 1. The normalized spacial score (nSPS) is 12.1. The van der Waals surface area contributed by atoms with Gasteiger partial charge in [-0.15, -0.1) is 0 Å². The van der Waals surface area contributed by atoms with Crippen LogP contribution in [0.3, 0.4) is 0 Å². The van der Waals surface area contributed by atoms with Crippen LogP contribution in [0.2, 0.25) is 0 Å². The van der Waals surface area contributed by atoms with Gasteiger partial charge >= 0.3 is 11.9 Å². The number of nitrogens with zero attached hydrogens (tertiary/aromatic N) is 3. The number of hydrogen-bond donors (Lipinski definition) is 2. The number of nitrogen functional groups attached to an aromatic ring is 1. The van der Waals surface area contributed by atoms with Gasteiger partial charge in [0.15, 0.2) is 17.3 Å². The maximum absolute atomic E-state index is 11.7. The first-order valence-corrected chi connectivity index (χ1v) is 6.95. The standard InChI is InChI=1S/C13H17N5O6/c1-7(19)23-4-9(24-8(2)20)3-22-6-18-5-15-10-11(18)16-13(14)17-12(10)21/h5,9H,3-4,6H2,1-2H3,(H3,14,16,17,21)/t9-/m0/s1. The van der Waals surface area contributed by atoms with Gasteiger partial charge in [-0.2, -0.15) is 4.98 Å². The molecule has 0 spiro atoms. The van der Waals surface area contributed by atoms with Crippen LogP contribution < -0.4 is 11.3 Å². The molecule has 2 aromatic heterocycles. The van der Waals surface area contributed by atoms with Crippen molar-refractivity contribution in [3.05, 3.63) is 16.7 Å². The maximum atomic E-state index is 11.7. The maximum Gasteiger partial charge on any atom is 0.303 e. The number of H-pyrrole nitrogens is 1. The molecule has 0 amide bonds. The molecule has 0 aromatic carbocycles. The van der Waals surface area contributed by atoms with Crippen molar-refractivity contribution in [1.29, 1.82) is 0 Å². The monoisotopic (exact) mass is 339 g/mol. The van der Waals surface area contributed by atoms with Gasteiger partial charge in [0.05, 0.1) is 12.9 Å². The molecule has 2 heterocycles. The van der Waals surface area contributed by atoms with Crippen molar-refractivity contribution < 1.29 is 23.8 Å². The zero-order chi connectivity index (χ0) is 17.7. The van der Waals surface area contributed by atoms with Crippen molar-refractivity contribution in [3.63, 3.8) is 0 Å². The van der Waals surface area contributed by atoms with Gasteiger partial charge in [0.2, 0.25) is 5.95 Å². The van der Waals surface area contributed by atoms with Gasteiger partial charge in [0.25, 0.3) is 5.56 Å². The van der Waals surface area contributed by atoms with Gasteiger partial charge in [-0.25, -0.2) is 4.98 Å². The van der Waals surface area contributed by atoms with E-state index in [-0.39, 0.29) is 37.1 Å². The van der Waals surface area contributed by atoms with Gasteiger partial charge in [-0.05, 0) is 0 Å². The third-order valence-electron chi connectivity index (χ3n) is 2.83. The highest BCUT2D eigenvalue weighted by molar-refractivity contribution is 5.70. The highest BCUT2D eigenvalue weighted by atomic mass is 16.6. The number of esters is 2. The van der Waals surface area contributed by atoms with Gasteiger partial charge < -0.3 is 19.9 Å². The Bertz CT molecular complexity index is 798. The Kier molecular flexibility index (Phi) is 5.47. The van der Waals surface area contributed by atoms with Crippen LogP contribution >= 0.6 is 0 Å². The molecule has 0 fully saturated rings. The average Bonchev–Trinajstić information content (AvgIpc) is 2.87. The number of fused-ring (bicyclic) bond motifs is 1. The molecule has 2 aromatic rings. The number of rotatable bonds is 7. The first kappa shape index (κ1) is 17.4. The molecule has 0 unspecified atom stereocenters. The second-order valence-corrected chi connectivity index (χ2v) is 4.87. The number of nitrogens with one attached hydrogen (secondary N) is 1. The van der Waals surface area contributed by atoms with Crippen LogP contribution in [0, 0.1) is 0 Å². The molecule has 11 heteroatoms. The topological polar surface area (TPSA) is 151 Å². The van der Waals surface area contributed by atoms with E-state index in [1.54, 1.807) is 0 Å². The molecule has 1 atom stereocenters. The van der Waals surface area contributed by atoms with Crippen molar-refractivity contribution in [3.8, 4) is 0 Å².